The zero-order valence-corrected chi connectivity index (χ0v) is 15.1. The van der Waals surface area contributed by atoms with Gasteiger partial charge in [0.25, 0.3) is 5.91 Å². The van der Waals surface area contributed by atoms with Crippen molar-refractivity contribution in [3.8, 4) is 5.75 Å². The van der Waals surface area contributed by atoms with Gasteiger partial charge in [-0.15, -0.1) is 0 Å². The molecule has 0 aliphatic carbocycles. The van der Waals surface area contributed by atoms with E-state index < -0.39 is 18.0 Å². The number of rotatable bonds is 7. The molecule has 0 aliphatic rings. The van der Waals surface area contributed by atoms with Crippen molar-refractivity contribution in [3.63, 3.8) is 0 Å². The summed E-state index contributed by atoms with van der Waals surface area (Å²) in [6.45, 7) is 2.89. The van der Waals surface area contributed by atoms with Gasteiger partial charge in [-0.25, -0.2) is 4.79 Å². The van der Waals surface area contributed by atoms with E-state index in [4.69, 9.17) is 21.1 Å². The Kier molecular flexibility index (Phi) is 6.74. The van der Waals surface area contributed by atoms with Crippen molar-refractivity contribution in [1.29, 1.82) is 0 Å². The van der Waals surface area contributed by atoms with Gasteiger partial charge in [0.05, 0.1) is 0 Å². The third-order valence-corrected chi connectivity index (χ3v) is 3.99. The highest BCUT2D eigenvalue weighted by Crippen LogP contribution is 2.23. The summed E-state index contributed by atoms with van der Waals surface area (Å²) in [7, 11) is 0. The lowest BCUT2D eigenvalue weighted by molar-refractivity contribution is -0.155. The molecule has 0 heterocycles. The van der Waals surface area contributed by atoms with E-state index in [0.717, 1.165) is 5.56 Å². The first-order chi connectivity index (χ1) is 12.4. The Morgan fingerprint density at radius 2 is 1.88 bits per heavy atom. The number of hydrogen-bond acceptors (Lipinski definition) is 5. The highest BCUT2D eigenvalue weighted by molar-refractivity contribution is 6.31. The summed E-state index contributed by atoms with van der Waals surface area (Å²) in [5.74, 6) is -0.742. The van der Waals surface area contributed by atoms with E-state index in [1.807, 2.05) is 0 Å². The summed E-state index contributed by atoms with van der Waals surface area (Å²) in [4.78, 5) is 34.6. The normalized spacial score (nSPS) is 11.3. The molecule has 1 atom stereocenters. The van der Waals surface area contributed by atoms with Crippen molar-refractivity contribution in [2.45, 2.75) is 20.0 Å². The summed E-state index contributed by atoms with van der Waals surface area (Å²) < 4.78 is 10.3. The molecule has 2 aromatic carbocycles. The SMILES string of the molecule is Cc1c(Cl)cccc1NC(=O)[C@H](C)OC(=O)COc1ccc(C=O)cc1. The number of amides is 1. The van der Waals surface area contributed by atoms with Crippen LogP contribution in [0.3, 0.4) is 0 Å². The quantitative estimate of drug-likeness (QED) is 0.592. The molecule has 0 fully saturated rings. The Bertz CT molecular complexity index is 804. The van der Waals surface area contributed by atoms with E-state index in [1.54, 1.807) is 49.4 Å². The number of ether oxygens (including phenoxy) is 2. The number of carbonyl (C=O) groups is 3. The molecule has 0 aromatic heterocycles. The molecule has 2 aromatic rings. The smallest absolute Gasteiger partial charge is 0.344 e. The molecule has 6 nitrogen and oxygen atoms in total. The number of esters is 1. The Hall–Kier alpha value is -2.86. The van der Waals surface area contributed by atoms with Gasteiger partial charge in [0.1, 0.15) is 12.0 Å². The van der Waals surface area contributed by atoms with E-state index in [2.05, 4.69) is 5.32 Å². The van der Waals surface area contributed by atoms with Crippen LogP contribution in [0.5, 0.6) is 5.75 Å². The van der Waals surface area contributed by atoms with Gasteiger partial charge in [0.15, 0.2) is 12.7 Å². The molecule has 0 radical (unpaired) electrons. The monoisotopic (exact) mass is 375 g/mol. The van der Waals surface area contributed by atoms with Gasteiger partial charge in [-0.1, -0.05) is 17.7 Å². The largest absolute Gasteiger partial charge is 0.482 e. The summed E-state index contributed by atoms with van der Waals surface area (Å²) in [6, 6.07) is 11.4. The van der Waals surface area contributed by atoms with Crippen molar-refractivity contribution in [3.05, 3.63) is 58.6 Å². The van der Waals surface area contributed by atoms with Crippen LogP contribution in [0.1, 0.15) is 22.8 Å². The van der Waals surface area contributed by atoms with Gasteiger partial charge < -0.3 is 14.8 Å². The molecule has 0 saturated carbocycles. The minimum atomic E-state index is -0.998. The van der Waals surface area contributed by atoms with Gasteiger partial charge in [-0.05, 0) is 55.8 Å². The van der Waals surface area contributed by atoms with E-state index in [-0.39, 0.29) is 6.61 Å². The van der Waals surface area contributed by atoms with E-state index in [1.165, 1.54) is 6.92 Å². The number of benzene rings is 2. The second-order valence-corrected chi connectivity index (χ2v) is 5.92. The zero-order chi connectivity index (χ0) is 19.1. The van der Waals surface area contributed by atoms with Crippen LogP contribution < -0.4 is 10.1 Å². The van der Waals surface area contributed by atoms with Crippen molar-refractivity contribution >= 4 is 35.5 Å². The van der Waals surface area contributed by atoms with Crippen molar-refractivity contribution in [1.82, 2.24) is 0 Å². The van der Waals surface area contributed by atoms with Crippen LogP contribution in [-0.2, 0) is 14.3 Å². The molecule has 0 spiro atoms. The zero-order valence-electron chi connectivity index (χ0n) is 14.3. The first kappa shape index (κ1) is 19.5. The summed E-state index contributed by atoms with van der Waals surface area (Å²) >= 11 is 6.01. The van der Waals surface area contributed by atoms with Crippen LogP contribution >= 0.6 is 11.6 Å². The van der Waals surface area contributed by atoms with Gasteiger partial charge in [0, 0.05) is 16.3 Å². The molecule has 1 amide bonds. The second-order valence-electron chi connectivity index (χ2n) is 5.51. The van der Waals surface area contributed by atoms with Crippen LogP contribution in [-0.4, -0.2) is 30.9 Å². The highest BCUT2D eigenvalue weighted by Gasteiger charge is 2.19. The molecular weight excluding hydrogens is 358 g/mol. The maximum atomic E-state index is 12.2. The molecule has 26 heavy (non-hydrogen) atoms. The molecule has 0 aliphatic heterocycles. The highest BCUT2D eigenvalue weighted by atomic mass is 35.5. The minimum Gasteiger partial charge on any atom is -0.482 e. The Balaban J connectivity index is 1.84. The molecule has 0 unspecified atom stereocenters. The Morgan fingerprint density at radius 1 is 1.19 bits per heavy atom. The standard InChI is InChI=1S/C19H18ClNO5/c1-12-16(20)4-3-5-17(12)21-19(24)13(2)26-18(23)11-25-15-8-6-14(10-22)7-9-15/h3-10,13H,11H2,1-2H3,(H,21,24)/t13-/m0/s1. The lowest BCUT2D eigenvalue weighted by atomic mass is 10.2. The fourth-order valence-corrected chi connectivity index (χ4v) is 2.22. The topological polar surface area (TPSA) is 81.7 Å². The third kappa shape index (κ3) is 5.32. The number of anilines is 1. The fourth-order valence-electron chi connectivity index (χ4n) is 2.05. The molecule has 1 N–H and O–H groups in total. The summed E-state index contributed by atoms with van der Waals surface area (Å²) in [6.07, 6.45) is -0.290. The predicted octanol–water partition coefficient (Wildman–Crippen LogP) is 3.41. The van der Waals surface area contributed by atoms with E-state index in [0.29, 0.717) is 28.3 Å². The third-order valence-electron chi connectivity index (χ3n) is 3.58. The van der Waals surface area contributed by atoms with Crippen LogP contribution in [0.15, 0.2) is 42.5 Å². The predicted molar refractivity (Wildman–Crippen MR) is 97.7 cm³/mol. The van der Waals surface area contributed by atoms with Crippen LogP contribution in [0.25, 0.3) is 0 Å². The molecule has 0 bridgehead atoms. The number of halogens is 1. The first-order valence-electron chi connectivity index (χ1n) is 7.84. The van der Waals surface area contributed by atoms with E-state index >= 15 is 0 Å². The number of nitrogens with one attached hydrogen (secondary N) is 1. The van der Waals surface area contributed by atoms with Gasteiger partial charge in [-0.2, -0.15) is 0 Å². The van der Waals surface area contributed by atoms with E-state index in [9.17, 15) is 14.4 Å². The molecule has 0 saturated heterocycles. The number of aldehydes is 1. The van der Waals surface area contributed by atoms with Crippen molar-refractivity contribution in [2.24, 2.45) is 0 Å². The number of carbonyl (C=O) groups excluding carboxylic acids is 3. The number of hydrogen-bond donors (Lipinski definition) is 1. The second kappa shape index (κ2) is 9.01. The van der Waals surface area contributed by atoms with Crippen LogP contribution in [0, 0.1) is 6.92 Å². The van der Waals surface area contributed by atoms with Crippen LogP contribution in [0.4, 0.5) is 5.69 Å². The van der Waals surface area contributed by atoms with Crippen molar-refractivity contribution in [2.75, 3.05) is 11.9 Å². The fraction of sp³-hybridized carbons (Fsp3) is 0.211. The maximum Gasteiger partial charge on any atom is 0.344 e. The first-order valence-corrected chi connectivity index (χ1v) is 8.22. The van der Waals surface area contributed by atoms with Crippen LogP contribution in [0.2, 0.25) is 5.02 Å². The molecule has 7 heteroatoms. The maximum absolute atomic E-state index is 12.2. The summed E-state index contributed by atoms with van der Waals surface area (Å²) in [5.41, 5.74) is 1.78. The van der Waals surface area contributed by atoms with Crippen molar-refractivity contribution < 1.29 is 23.9 Å². The lowest BCUT2D eigenvalue weighted by Gasteiger charge is -2.15. The van der Waals surface area contributed by atoms with Gasteiger partial charge in [0.2, 0.25) is 0 Å². The Labute approximate surface area is 156 Å². The summed E-state index contributed by atoms with van der Waals surface area (Å²) in [5, 5.41) is 3.20. The minimum absolute atomic E-state index is 0.353. The molecule has 2 rings (SSSR count). The Morgan fingerprint density at radius 3 is 2.54 bits per heavy atom. The van der Waals surface area contributed by atoms with Gasteiger partial charge in [-0.3, -0.25) is 9.59 Å². The average Bonchev–Trinajstić information content (AvgIpc) is 2.64. The molecular formula is C19H18ClNO5. The van der Waals surface area contributed by atoms with Gasteiger partial charge >= 0.3 is 5.97 Å². The average molecular weight is 376 g/mol. The molecule has 136 valence electrons. The lowest BCUT2D eigenvalue weighted by Crippen LogP contribution is -2.31.